The Morgan fingerprint density at radius 3 is 2.48 bits per heavy atom. The smallest absolute Gasteiger partial charge is 0.205 e. The Hall–Kier alpha value is -2.13. The first-order chi connectivity index (χ1) is 10.3. The first-order valence-corrected chi connectivity index (χ1v) is 7.84. The molecule has 21 heavy (non-hydrogen) atoms. The van der Waals surface area contributed by atoms with Crippen LogP contribution in [0.2, 0.25) is 0 Å². The van der Waals surface area contributed by atoms with Crippen LogP contribution in [0.15, 0.2) is 24.3 Å². The van der Waals surface area contributed by atoms with Crippen LogP contribution in [0.4, 0.5) is 10.8 Å². The van der Waals surface area contributed by atoms with Gasteiger partial charge in [-0.15, -0.1) is 0 Å². The lowest BCUT2D eigenvalue weighted by Crippen LogP contribution is -2.30. The van der Waals surface area contributed by atoms with E-state index < -0.39 is 0 Å². The fourth-order valence-corrected chi connectivity index (χ4v) is 3.25. The van der Waals surface area contributed by atoms with Gasteiger partial charge in [0.1, 0.15) is 5.82 Å². The molecule has 0 atom stereocenters. The van der Waals surface area contributed by atoms with Gasteiger partial charge in [-0.3, -0.25) is 0 Å². The molecule has 1 aromatic carbocycles. The van der Waals surface area contributed by atoms with E-state index in [4.69, 9.17) is 5.26 Å². The second-order valence-corrected chi connectivity index (χ2v) is 5.84. The third-order valence-electron chi connectivity index (χ3n) is 3.64. The highest BCUT2D eigenvalue weighted by Gasteiger charge is 2.17. The summed E-state index contributed by atoms with van der Waals surface area (Å²) < 4.78 is 4.26. The molecule has 1 fully saturated rings. The highest BCUT2D eigenvalue weighted by molar-refractivity contribution is 7.09. The zero-order valence-corrected chi connectivity index (χ0v) is 12.8. The third-order valence-corrected chi connectivity index (χ3v) is 4.51. The van der Waals surface area contributed by atoms with E-state index in [1.165, 1.54) is 17.2 Å². The maximum atomic E-state index is 8.86. The van der Waals surface area contributed by atoms with Crippen LogP contribution in [-0.2, 0) is 0 Å². The molecular weight excluding hydrogens is 282 g/mol. The maximum absolute atomic E-state index is 8.86. The molecule has 0 radical (unpaired) electrons. The molecule has 0 saturated carbocycles. The van der Waals surface area contributed by atoms with Crippen molar-refractivity contribution in [2.24, 2.45) is 0 Å². The molecule has 2 heterocycles. The highest BCUT2D eigenvalue weighted by atomic mass is 32.1. The van der Waals surface area contributed by atoms with Gasteiger partial charge in [0.25, 0.3) is 0 Å². The van der Waals surface area contributed by atoms with E-state index in [2.05, 4.69) is 25.2 Å². The first kappa shape index (κ1) is 13.8. The van der Waals surface area contributed by atoms with Gasteiger partial charge in [-0.05, 0) is 37.6 Å². The van der Waals surface area contributed by atoms with Crippen LogP contribution >= 0.6 is 11.5 Å². The van der Waals surface area contributed by atoms with Crippen molar-refractivity contribution in [1.82, 2.24) is 9.36 Å². The molecule has 1 aromatic heterocycles. The lowest BCUT2D eigenvalue weighted by atomic mass is 10.2. The summed E-state index contributed by atoms with van der Waals surface area (Å²) in [4.78, 5) is 9.16. The van der Waals surface area contributed by atoms with Crippen molar-refractivity contribution in [3.05, 3.63) is 35.7 Å². The lowest BCUT2D eigenvalue weighted by Gasteiger charge is -2.23. The number of benzene rings is 1. The summed E-state index contributed by atoms with van der Waals surface area (Å²) in [6, 6.07) is 9.98. The fraction of sp³-hybridized carbons (Fsp3) is 0.400. The first-order valence-electron chi connectivity index (χ1n) is 7.06. The van der Waals surface area contributed by atoms with Crippen molar-refractivity contribution >= 4 is 22.4 Å². The minimum atomic E-state index is 0.708. The number of aryl methyl sites for hydroxylation is 1. The van der Waals surface area contributed by atoms with E-state index in [1.807, 2.05) is 31.2 Å². The number of hydrogen-bond acceptors (Lipinski definition) is 6. The van der Waals surface area contributed by atoms with Crippen molar-refractivity contribution < 1.29 is 0 Å². The van der Waals surface area contributed by atoms with Crippen molar-refractivity contribution in [3.63, 3.8) is 0 Å². The summed E-state index contributed by atoms with van der Waals surface area (Å²) in [6.07, 6.45) is 1.10. The van der Waals surface area contributed by atoms with E-state index >= 15 is 0 Å². The van der Waals surface area contributed by atoms with Gasteiger partial charge in [-0.1, -0.05) is 0 Å². The number of anilines is 2. The number of rotatable bonds is 2. The predicted octanol–water partition coefficient (Wildman–Crippen LogP) is 2.43. The van der Waals surface area contributed by atoms with Crippen LogP contribution in [0.5, 0.6) is 0 Å². The molecule has 3 rings (SSSR count). The molecule has 5 nitrogen and oxygen atoms in total. The van der Waals surface area contributed by atoms with Crippen molar-refractivity contribution in [2.75, 3.05) is 36.0 Å². The number of nitrogens with zero attached hydrogens (tertiary/aromatic N) is 5. The summed E-state index contributed by atoms with van der Waals surface area (Å²) in [7, 11) is 0. The van der Waals surface area contributed by atoms with Crippen LogP contribution in [0.25, 0.3) is 0 Å². The van der Waals surface area contributed by atoms with Crippen LogP contribution in [0.1, 0.15) is 17.8 Å². The molecule has 0 bridgehead atoms. The molecule has 0 amide bonds. The number of hydrogen-bond donors (Lipinski definition) is 0. The van der Waals surface area contributed by atoms with Gasteiger partial charge in [0.05, 0.1) is 11.6 Å². The number of nitriles is 1. The molecule has 6 heteroatoms. The van der Waals surface area contributed by atoms with Gasteiger partial charge in [0.15, 0.2) is 0 Å². The molecule has 1 saturated heterocycles. The monoisotopic (exact) mass is 299 g/mol. The van der Waals surface area contributed by atoms with E-state index in [9.17, 15) is 0 Å². The normalized spacial score (nSPS) is 15.6. The summed E-state index contributed by atoms with van der Waals surface area (Å²) >= 11 is 1.48. The van der Waals surface area contributed by atoms with Crippen LogP contribution in [0.3, 0.4) is 0 Å². The minimum absolute atomic E-state index is 0.708. The zero-order valence-electron chi connectivity index (χ0n) is 12.0. The van der Waals surface area contributed by atoms with Crippen molar-refractivity contribution in [1.29, 1.82) is 5.26 Å². The molecule has 1 aliphatic rings. The Bertz CT molecular complexity index is 643. The second kappa shape index (κ2) is 6.10. The molecule has 108 valence electrons. The average Bonchev–Trinajstić information content (AvgIpc) is 2.81. The molecule has 0 spiro atoms. The number of aromatic nitrogens is 2. The largest absolute Gasteiger partial charge is 0.370 e. The van der Waals surface area contributed by atoms with Gasteiger partial charge in [0.2, 0.25) is 5.13 Å². The van der Waals surface area contributed by atoms with Crippen LogP contribution < -0.4 is 9.80 Å². The molecule has 0 aliphatic carbocycles. The van der Waals surface area contributed by atoms with Gasteiger partial charge in [-0.2, -0.15) is 9.64 Å². The summed E-state index contributed by atoms with van der Waals surface area (Å²) in [5, 5.41) is 9.89. The average molecular weight is 299 g/mol. The van der Waals surface area contributed by atoms with E-state index in [0.717, 1.165) is 43.6 Å². The fourth-order valence-electron chi connectivity index (χ4n) is 2.53. The van der Waals surface area contributed by atoms with E-state index in [1.54, 1.807) is 0 Å². The minimum Gasteiger partial charge on any atom is -0.370 e. The molecule has 0 N–H and O–H groups in total. The second-order valence-electron chi connectivity index (χ2n) is 5.11. The Balaban J connectivity index is 1.69. The Kier molecular flexibility index (Phi) is 4.02. The lowest BCUT2D eigenvalue weighted by molar-refractivity contribution is 0.803. The molecule has 0 unspecified atom stereocenters. The van der Waals surface area contributed by atoms with Crippen molar-refractivity contribution in [3.8, 4) is 6.07 Å². The SMILES string of the molecule is Cc1nsc(N2CCCN(c3ccc(C#N)cc3)CC2)n1. The van der Waals surface area contributed by atoms with E-state index in [0.29, 0.717) is 5.56 Å². The Labute approximate surface area is 128 Å². The Morgan fingerprint density at radius 1 is 1.10 bits per heavy atom. The molecular formula is C15H17N5S. The van der Waals surface area contributed by atoms with Crippen LogP contribution in [0, 0.1) is 18.3 Å². The zero-order chi connectivity index (χ0) is 14.7. The van der Waals surface area contributed by atoms with Gasteiger partial charge >= 0.3 is 0 Å². The summed E-state index contributed by atoms with van der Waals surface area (Å²) in [6.45, 7) is 5.89. The van der Waals surface area contributed by atoms with Gasteiger partial charge in [-0.25, -0.2) is 4.98 Å². The summed E-state index contributed by atoms with van der Waals surface area (Å²) in [5.41, 5.74) is 1.89. The van der Waals surface area contributed by atoms with Crippen molar-refractivity contribution in [2.45, 2.75) is 13.3 Å². The topological polar surface area (TPSA) is 56.1 Å². The van der Waals surface area contributed by atoms with Gasteiger partial charge in [0, 0.05) is 43.4 Å². The third kappa shape index (κ3) is 3.14. The van der Waals surface area contributed by atoms with E-state index in [-0.39, 0.29) is 0 Å². The maximum Gasteiger partial charge on any atom is 0.205 e. The standard InChI is InChI=1S/C15H17N5S/c1-12-17-15(21-18-12)20-8-2-7-19(9-10-20)14-5-3-13(11-16)4-6-14/h3-6H,2,7-10H2,1H3. The highest BCUT2D eigenvalue weighted by Crippen LogP contribution is 2.21. The van der Waals surface area contributed by atoms with Crippen LogP contribution in [-0.4, -0.2) is 35.5 Å². The quantitative estimate of drug-likeness (QED) is 0.852. The Morgan fingerprint density at radius 2 is 1.81 bits per heavy atom. The summed E-state index contributed by atoms with van der Waals surface area (Å²) in [5.74, 6) is 0.850. The van der Waals surface area contributed by atoms with Gasteiger partial charge < -0.3 is 9.80 Å². The molecule has 1 aliphatic heterocycles. The molecule has 2 aromatic rings. The predicted molar refractivity (Wildman–Crippen MR) is 84.8 cm³/mol.